The number of nitrogens with zero attached hydrogens (tertiary/aromatic N) is 2. The van der Waals surface area contributed by atoms with Crippen LogP contribution in [-0.2, 0) is 20.9 Å². The maximum atomic E-state index is 11.8. The lowest BCUT2D eigenvalue weighted by atomic mass is 10.1. The van der Waals surface area contributed by atoms with Crippen molar-refractivity contribution < 1.29 is 14.3 Å². The summed E-state index contributed by atoms with van der Waals surface area (Å²) >= 11 is 6.22. The molecule has 0 aliphatic rings. The maximum absolute atomic E-state index is 11.8. The number of benzene rings is 1. The SMILES string of the molecule is CCCNC(=O)COC(=O)/C=C/c1c(C)nn(Cc2ccccc2Cl)c1C. The molecule has 2 rings (SSSR count). The van der Waals surface area contributed by atoms with Crippen LogP contribution in [0, 0.1) is 13.8 Å². The van der Waals surface area contributed by atoms with Gasteiger partial charge in [0.15, 0.2) is 6.61 Å². The summed E-state index contributed by atoms with van der Waals surface area (Å²) in [5.74, 6) is -0.877. The van der Waals surface area contributed by atoms with Gasteiger partial charge < -0.3 is 10.1 Å². The number of hydrogen-bond donors (Lipinski definition) is 1. The van der Waals surface area contributed by atoms with E-state index < -0.39 is 5.97 Å². The number of aryl methyl sites for hydroxylation is 1. The first-order valence-corrected chi connectivity index (χ1v) is 9.19. The standard InChI is InChI=1S/C20H24ClN3O3/c1-4-11-22-19(25)13-27-20(26)10-9-17-14(2)23-24(15(17)3)12-16-7-5-6-8-18(16)21/h5-10H,4,11-13H2,1-3H3,(H,22,25)/b10-9+. The third kappa shape index (κ3) is 5.96. The highest BCUT2D eigenvalue weighted by Gasteiger charge is 2.11. The molecule has 1 aromatic carbocycles. The topological polar surface area (TPSA) is 73.2 Å². The number of carbonyl (C=O) groups excluding carboxylic acids is 2. The average molecular weight is 390 g/mol. The van der Waals surface area contributed by atoms with E-state index in [1.807, 2.05) is 49.7 Å². The Hall–Kier alpha value is -2.60. The highest BCUT2D eigenvalue weighted by Crippen LogP contribution is 2.20. The second-order valence-corrected chi connectivity index (χ2v) is 6.53. The molecular formula is C20H24ClN3O3. The maximum Gasteiger partial charge on any atom is 0.331 e. The molecule has 0 atom stereocenters. The van der Waals surface area contributed by atoms with Crippen LogP contribution < -0.4 is 5.32 Å². The quantitative estimate of drug-likeness (QED) is 0.555. The number of nitrogens with one attached hydrogen (secondary N) is 1. The van der Waals surface area contributed by atoms with Crippen LogP contribution in [0.15, 0.2) is 30.3 Å². The van der Waals surface area contributed by atoms with Gasteiger partial charge in [-0.2, -0.15) is 5.10 Å². The van der Waals surface area contributed by atoms with Crippen LogP contribution >= 0.6 is 11.6 Å². The van der Waals surface area contributed by atoms with Gasteiger partial charge in [0, 0.05) is 28.9 Å². The molecule has 27 heavy (non-hydrogen) atoms. The van der Waals surface area contributed by atoms with E-state index in [0.29, 0.717) is 18.1 Å². The Morgan fingerprint density at radius 2 is 2.04 bits per heavy atom. The van der Waals surface area contributed by atoms with E-state index in [0.717, 1.165) is 28.9 Å². The second-order valence-electron chi connectivity index (χ2n) is 6.12. The van der Waals surface area contributed by atoms with Crippen molar-refractivity contribution >= 4 is 29.6 Å². The summed E-state index contributed by atoms with van der Waals surface area (Å²) < 4.78 is 6.79. The van der Waals surface area contributed by atoms with Crippen molar-refractivity contribution in [2.45, 2.75) is 33.7 Å². The van der Waals surface area contributed by atoms with Gasteiger partial charge >= 0.3 is 5.97 Å². The van der Waals surface area contributed by atoms with Crippen molar-refractivity contribution in [3.63, 3.8) is 0 Å². The van der Waals surface area contributed by atoms with Gasteiger partial charge in [-0.3, -0.25) is 9.48 Å². The summed E-state index contributed by atoms with van der Waals surface area (Å²) in [6.45, 7) is 6.58. The van der Waals surface area contributed by atoms with Crippen LogP contribution in [0.1, 0.15) is 35.9 Å². The molecular weight excluding hydrogens is 366 g/mol. The summed E-state index contributed by atoms with van der Waals surface area (Å²) in [6, 6.07) is 7.61. The molecule has 1 N–H and O–H groups in total. The van der Waals surface area contributed by atoms with E-state index in [2.05, 4.69) is 10.4 Å². The van der Waals surface area contributed by atoms with Gasteiger partial charge in [0.25, 0.3) is 5.91 Å². The summed E-state index contributed by atoms with van der Waals surface area (Å²) in [6.07, 6.45) is 3.80. The molecule has 1 heterocycles. The molecule has 0 saturated carbocycles. The van der Waals surface area contributed by atoms with Crippen LogP contribution in [0.5, 0.6) is 0 Å². The van der Waals surface area contributed by atoms with Crippen LogP contribution in [0.2, 0.25) is 5.02 Å². The van der Waals surface area contributed by atoms with Crippen molar-refractivity contribution in [1.29, 1.82) is 0 Å². The number of halogens is 1. The number of hydrogen-bond acceptors (Lipinski definition) is 4. The van der Waals surface area contributed by atoms with E-state index in [1.165, 1.54) is 6.08 Å². The summed E-state index contributed by atoms with van der Waals surface area (Å²) in [5, 5.41) is 7.86. The molecule has 0 spiro atoms. The zero-order chi connectivity index (χ0) is 19.8. The lowest BCUT2D eigenvalue weighted by Gasteiger charge is -2.06. The lowest BCUT2D eigenvalue weighted by molar-refractivity contribution is -0.143. The van der Waals surface area contributed by atoms with Gasteiger partial charge in [0.2, 0.25) is 0 Å². The fourth-order valence-corrected chi connectivity index (χ4v) is 2.74. The molecule has 0 unspecified atom stereocenters. The van der Waals surface area contributed by atoms with E-state index in [4.69, 9.17) is 16.3 Å². The zero-order valence-corrected chi connectivity index (χ0v) is 16.5. The molecule has 0 saturated heterocycles. The first-order valence-electron chi connectivity index (χ1n) is 8.81. The fourth-order valence-electron chi connectivity index (χ4n) is 2.55. The molecule has 0 fully saturated rings. The van der Waals surface area contributed by atoms with Crippen LogP contribution in [-0.4, -0.2) is 34.8 Å². The third-order valence-electron chi connectivity index (χ3n) is 4.02. The predicted molar refractivity (Wildman–Crippen MR) is 106 cm³/mol. The fraction of sp³-hybridized carbons (Fsp3) is 0.350. The average Bonchev–Trinajstić information content (AvgIpc) is 2.91. The van der Waals surface area contributed by atoms with Crippen molar-refractivity contribution in [1.82, 2.24) is 15.1 Å². The highest BCUT2D eigenvalue weighted by atomic mass is 35.5. The van der Waals surface area contributed by atoms with Gasteiger partial charge in [-0.25, -0.2) is 4.79 Å². The van der Waals surface area contributed by atoms with Crippen molar-refractivity contribution in [2.24, 2.45) is 0 Å². The largest absolute Gasteiger partial charge is 0.452 e. The van der Waals surface area contributed by atoms with E-state index in [9.17, 15) is 9.59 Å². The number of amides is 1. The molecule has 144 valence electrons. The Kier molecular flexibility index (Phi) is 7.61. The summed E-state index contributed by atoms with van der Waals surface area (Å²) in [5.41, 5.74) is 3.52. The Morgan fingerprint density at radius 3 is 2.74 bits per heavy atom. The van der Waals surface area contributed by atoms with Crippen LogP contribution in [0.4, 0.5) is 0 Å². The minimum absolute atomic E-state index is 0.285. The Morgan fingerprint density at radius 1 is 1.30 bits per heavy atom. The van der Waals surface area contributed by atoms with E-state index in [-0.39, 0.29) is 12.5 Å². The zero-order valence-electron chi connectivity index (χ0n) is 15.8. The van der Waals surface area contributed by atoms with Crippen molar-refractivity contribution in [2.75, 3.05) is 13.2 Å². The number of rotatable bonds is 8. The van der Waals surface area contributed by atoms with Crippen molar-refractivity contribution in [3.05, 3.63) is 57.9 Å². The third-order valence-corrected chi connectivity index (χ3v) is 4.39. The number of esters is 1. The molecule has 1 aromatic heterocycles. The van der Waals surface area contributed by atoms with Crippen LogP contribution in [0.25, 0.3) is 6.08 Å². The molecule has 0 bridgehead atoms. The Labute approximate surface area is 164 Å². The molecule has 0 radical (unpaired) electrons. The van der Waals surface area contributed by atoms with Gasteiger partial charge in [-0.15, -0.1) is 0 Å². The smallest absolute Gasteiger partial charge is 0.331 e. The number of carbonyl (C=O) groups is 2. The molecule has 0 aliphatic carbocycles. The van der Waals surface area contributed by atoms with Crippen LogP contribution in [0.3, 0.4) is 0 Å². The number of aromatic nitrogens is 2. The van der Waals surface area contributed by atoms with E-state index >= 15 is 0 Å². The minimum atomic E-state index is -0.570. The Balaban J connectivity index is 2.01. The normalized spacial score (nSPS) is 11.0. The Bertz CT molecular complexity index is 843. The minimum Gasteiger partial charge on any atom is -0.452 e. The molecule has 7 heteroatoms. The molecule has 1 amide bonds. The lowest BCUT2D eigenvalue weighted by Crippen LogP contribution is -2.28. The molecule has 0 aliphatic heterocycles. The first kappa shape index (κ1) is 20.7. The summed E-state index contributed by atoms with van der Waals surface area (Å²) in [7, 11) is 0. The van der Waals surface area contributed by atoms with Crippen molar-refractivity contribution in [3.8, 4) is 0 Å². The number of ether oxygens (including phenoxy) is 1. The first-order chi connectivity index (χ1) is 12.9. The monoisotopic (exact) mass is 389 g/mol. The van der Waals surface area contributed by atoms with Gasteiger partial charge in [0.1, 0.15) is 0 Å². The van der Waals surface area contributed by atoms with E-state index in [1.54, 1.807) is 6.08 Å². The molecule has 6 nitrogen and oxygen atoms in total. The molecule has 2 aromatic rings. The van der Waals surface area contributed by atoms with Gasteiger partial charge in [-0.1, -0.05) is 36.7 Å². The van der Waals surface area contributed by atoms with Gasteiger partial charge in [-0.05, 0) is 38.0 Å². The summed E-state index contributed by atoms with van der Waals surface area (Å²) in [4.78, 5) is 23.3. The van der Waals surface area contributed by atoms with Gasteiger partial charge in [0.05, 0.1) is 12.2 Å². The second kappa shape index (κ2) is 9.92. The highest BCUT2D eigenvalue weighted by molar-refractivity contribution is 6.31. The predicted octanol–water partition coefficient (Wildman–Crippen LogP) is 3.28.